The van der Waals surface area contributed by atoms with Crippen LogP contribution in [-0.4, -0.2) is 27.8 Å². The molecule has 1 aliphatic carbocycles. The van der Waals surface area contributed by atoms with Crippen molar-refractivity contribution in [3.63, 3.8) is 0 Å². The van der Waals surface area contributed by atoms with Gasteiger partial charge in [0.1, 0.15) is 5.75 Å². The minimum Gasteiger partial charge on any atom is -0.478 e. The third-order valence-electron chi connectivity index (χ3n) is 5.93. The fraction of sp³-hybridized carbons (Fsp3) is 0.259. The molecule has 0 aliphatic heterocycles. The van der Waals surface area contributed by atoms with Crippen LogP contribution in [-0.2, 0) is 11.2 Å². The predicted molar refractivity (Wildman–Crippen MR) is 127 cm³/mol. The van der Waals surface area contributed by atoms with Crippen molar-refractivity contribution in [2.75, 3.05) is 5.32 Å². The van der Waals surface area contributed by atoms with Gasteiger partial charge in [0, 0.05) is 23.7 Å². The molecule has 0 bridgehead atoms. The topological polar surface area (TPSA) is 106 Å². The van der Waals surface area contributed by atoms with E-state index >= 15 is 0 Å². The molecule has 0 atom stereocenters. The van der Waals surface area contributed by atoms with Crippen LogP contribution in [0.4, 0.5) is 5.69 Å². The summed E-state index contributed by atoms with van der Waals surface area (Å²) in [5.41, 5.74) is 1.65. The van der Waals surface area contributed by atoms with E-state index in [1.807, 2.05) is 0 Å². The summed E-state index contributed by atoms with van der Waals surface area (Å²) in [7, 11) is 0. The Morgan fingerprint density at radius 2 is 1.68 bits per heavy atom. The number of aromatic carboxylic acids is 1. The molecule has 7 nitrogen and oxygen atoms in total. The zero-order valence-electron chi connectivity index (χ0n) is 18.7. The molecule has 34 heavy (non-hydrogen) atoms. The molecule has 0 radical (unpaired) electrons. The predicted octanol–water partition coefficient (Wildman–Crippen LogP) is 5.52. The Bertz CT molecular complexity index is 1170. The number of rotatable bonds is 8. The van der Waals surface area contributed by atoms with Crippen LogP contribution in [0, 0.1) is 5.92 Å². The summed E-state index contributed by atoms with van der Waals surface area (Å²) in [5.74, 6) is -0.175. The van der Waals surface area contributed by atoms with E-state index in [1.165, 1.54) is 12.5 Å². The molecule has 1 heterocycles. The average Bonchev–Trinajstić information content (AvgIpc) is 2.86. The Labute approximate surface area is 197 Å². The maximum absolute atomic E-state index is 12.6. The number of amides is 1. The lowest BCUT2D eigenvalue weighted by molar-refractivity contribution is -0.115. The summed E-state index contributed by atoms with van der Waals surface area (Å²) in [4.78, 5) is 40.5. The molecule has 1 fully saturated rings. The molecule has 174 valence electrons. The number of nitrogens with zero attached hydrogens (tertiary/aromatic N) is 1. The van der Waals surface area contributed by atoms with Gasteiger partial charge in [-0.25, -0.2) is 9.78 Å². The average molecular weight is 459 g/mol. The lowest BCUT2D eigenvalue weighted by atomic mass is 9.84. The second kappa shape index (κ2) is 10.7. The maximum Gasteiger partial charge on any atom is 0.337 e. The first-order valence-corrected chi connectivity index (χ1v) is 11.4. The van der Waals surface area contributed by atoms with Crippen molar-refractivity contribution in [3.05, 3.63) is 83.6 Å². The van der Waals surface area contributed by atoms with Crippen molar-refractivity contribution in [2.45, 2.75) is 38.5 Å². The molecule has 1 saturated carbocycles. The molecule has 0 unspecified atom stereocenters. The number of para-hydroxylation sites is 1. The van der Waals surface area contributed by atoms with Crippen LogP contribution < -0.4 is 10.1 Å². The number of carbonyl (C=O) groups excluding carboxylic acids is 2. The zero-order valence-corrected chi connectivity index (χ0v) is 18.7. The van der Waals surface area contributed by atoms with E-state index in [0.717, 1.165) is 25.7 Å². The Balaban J connectivity index is 1.32. The molecule has 1 aliphatic rings. The maximum atomic E-state index is 12.6. The van der Waals surface area contributed by atoms with Crippen LogP contribution in [0.3, 0.4) is 0 Å². The van der Waals surface area contributed by atoms with Gasteiger partial charge >= 0.3 is 5.97 Å². The number of hydrogen-bond acceptors (Lipinski definition) is 5. The monoisotopic (exact) mass is 458 g/mol. The highest BCUT2D eigenvalue weighted by molar-refractivity contribution is 6.01. The normalized spacial score (nSPS) is 13.8. The van der Waals surface area contributed by atoms with Gasteiger partial charge in [0.15, 0.2) is 5.78 Å². The first-order chi connectivity index (χ1) is 16.5. The van der Waals surface area contributed by atoms with Gasteiger partial charge in [-0.2, -0.15) is 0 Å². The molecule has 3 aromatic rings. The van der Waals surface area contributed by atoms with Crippen molar-refractivity contribution < 1.29 is 24.2 Å². The van der Waals surface area contributed by atoms with Gasteiger partial charge in [-0.1, -0.05) is 37.5 Å². The van der Waals surface area contributed by atoms with E-state index in [2.05, 4.69) is 10.3 Å². The molecule has 2 N–H and O–H groups in total. The highest BCUT2D eigenvalue weighted by atomic mass is 16.5. The van der Waals surface area contributed by atoms with E-state index in [0.29, 0.717) is 22.8 Å². The number of nitrogens with one attached hydrogen (secondary N) is 1. The Kier molecular flexibility index (Phi) is 7.32. The standard InChI is InChI=1S/C27H26N2O5/c30-24(29-23-9-5-4-8-22(23)27(32)33)16-18-10-15-25(28-17-18)34-21-13-11-20(12-14-21)26(31)19-6-2-1-3-7-19/h4-5,8-15,17,19H,1-3,6-7,16H2,(H,29,30)(H,32,33). The van der Waals surface area contributed by atoms with E-state index < -0.39 is 5.97 Å². The first kappa shape index (κ1) is 23.2. The van der Waals surface area contributed by atoms with Crippen LogP contribution in [0.15, 0.2) is 66.9 Å². The second-order valence-corrected chi connectivity index (χ2v) is 8.41. The quantitative estimate of drug-likeness (QED) is 0.431. The first-order valence-electron chi connectivity index (χ1n) is 11.4. The highest BCUT2D eigenvalue weighted by Gasteiger charge is 2.22. The Hall–Kier alpha value is -4.00. The summed E-state index contributed by atoms with van der Waals surface area (Å²) in [6.45, 7) is 0. The molecule has 0 spiro atoms. The number of aromatic nitrogens is 1. The number of carbonyl (C=O) groups is 3. The van der Waals surface area contributed by atoms with E-state index in [4.69, 9.17) is 4.74 Å². The molecule has 7 heteroatoms. The summed E-state index contributed by atoms with van der Waals surface area (Å²) >= 11 is 0. The molecular formula is C27H26N2O5. The molecule has 2 aromatic carbocycles. The minimum absolute atomic E-state index is 0.0317. The SMILES string of the molecule is O=C(Cc1ccc(Oc2ccc(C(=O)C3CCCCC3)cc2)nc1)Nc1ccccc1C(=O)O. The largest absolute Gasteiger partial charge is 0.478 e. The third-order valence-corrected chi connectivity index (χ3v) is 5.93. The summed E-state index contributed by atoms with van der Waals surface area (Å²) < 4.78 is 5.77. The number of anilines is 1. The number of ether oxygens (including phenoxy) is 1. The van der Waals surface area contributed by atoms with Gasteiger partial charge in [-0.3, -0.25) is 9.59 Å². The number of ketones is 1. The summed E-state index contributed by atoms with van der Waals surface area (Å²) in [6.07, 6.45) is 6.98. The highest BCUT2D eigenvalue weighted by Crippen LogP contribution is 2.28. The molecule has 0 saturated heterocycles. The number of Topliss-reactive ketones (excluding diaryl/α,β-unsaturated/α-hetero) is 1. The number of pyridine rings is 1. The number of carboxylic acid groups (broad SMARTS) is 1. The van der Waals surface area contributed by atoms with Gasteiger partial charge in [-0.15, -0.1) is 0 Å². The third kappa shape index (κ3) is 5.86. The smallest absolute Gasteiger partial charge is 0.337 e. The minimum atomic E-state index is -1.11. The van der Waals surface area contributed by atoms with Crippen molar-refractivity contribution in [1.29, 1.82) is 0 Å². The van der Waals surface area contributed by atoms with Gasteiger partial charge in [-0.05, 0) is 54.8 Å². The number of hydrogen-bond donors (Lipinski definition) is 2. The van der Waals surface area contributed by atoms with E-state index in [9.17, 15) is 19.5 Å². The van der Waals surface area contributed by atoms with E-state index in [1.54, 1.807) is 60.8 Å². The zero-order chi connectivity index (χ0) is 23.9. The van der Waals surface area contributed by atoms with Crippen LogP contribution in [0.5, 0.6) is 11.6 Å². The summed E-state index contributed by atoms with van der Waals surface area (Å²) in [5, 5.41) is 11.9. The number of benzene rings is 2. The fourth-order valence-corrected chi connectivity index (χ4v) is 4.14. The van der Waals surface area contributed by atoms with E-state index in [-0.39, 0.29) is 35.3 Å². The van der Waals surface area contributed by atoms with Gasteiger partial charge in [0.2, 0.25) is 11.8 Å². The Morgan fingerprint density at radius 1 is 0.941 bits per heavy atom. The molecular weight excluding hydrogens is 432 g/mol. The van der Waals surface area contributed by atoms with Crippen LogP contribution in [0.1, 0.15) is 58.4 Å². The van der Waals surface area contributed by atoms with Crippen molar-refractivity contribution in [3.8, 4) is 11.6 Å². The van der Waals surface area contributed by atoms with Crippen LogP contribution >= 0.6 is 0 Å². The second-order valence-electron chi connectivity index (χ2n) is 8.41. The number of carboxylic acids is 1. The van der Waals surface area contributed by atoms with Crippen LogP contribution in [0.2, 0.25) is 0 Å². The van der Waals surface area contributed by atoms with Gasteiger partial charge in [0.05, 0.1) is 17.7 Å². The Morgan fingerprint density at radius 3 is 2.35 bits per heavy atom. The summed E-state index contributed by atoms with van der Waals surface area (Å²) in [6, 6.07) is 16.7. The molecule has 1 aromatic heterocycles. The van der Waals surface area contributed by atoms with Crippen molar-refractivity contribution in [1.82, 2.24) is 4.98 Å². The molecule has 4 rings (SSSR count). The fourth-order valence-electron chi connectivity index (χ4n) is 4.14. The van der Waals surface area contributed by atoms with Crippen molar-refractivity contribution in [2.24, 2.45) is 5.92 Å². The van der Waals surface area contributed by atoms with Crippen LogP contribution in [0.25, 0.3) is 0 Å². The van der Waals surface area contributed by atoms with Crippen molar-refractivity contribution >= 4 is 23.3 Å². The lowest BCUT2D eigenvalue weighted by Gasteiger charge is -2.20. The lowest BCUT2D eigenvalue weighted by Crippen LogP contribution is -2.17. The molecule has 1 amide bonds. The van der Waals surface area contributed by atoms with Gasteiger partial charge in [0.25, 0.3) is 0 Å². The van der Waals surface area contributed by atoms with Gasteiger partial charge < -0.3 is 15.2 Å².